The third-order valence-corrected chi connectivity index (χ3v) is 6.72. The Labute approximate surface area is 214 Å². The maximum absolute atomic E-state index is 13.2. The molecule has 0 saturated heterocycles. The number of hydrogen-bond acceptors (Lipinski definition) is 5. The van der Waals surface area contributed by atoms with E-state index in [1.54, 1.807) is 24.3 Å². The highest BCUT2D eigenvalue weighted by Crippen LogP contribution is 2.31. The zero-order valence-corrected chi connectivity index (χ0v) is 20.3. The molecule has 1 heterocycles. The van der Waals surface area contributed by atoms with Crippen LogP contribution in [0.1, 0.15) is 44.8 Å². The number of aryl methyl sites for hydroxylation is 2. The van der Waals surface area contributed by atoms with Crippen molar-refractivity contribution >= 4 is 28.3 Å². The largest absolute Gasteiger partial charge is 0.492 e. The number of hydrogen-bond donors (Lipinski definition) is 1. The van der Waals surface area contributed by atoms with Gasteiger partial charge in [-0.3, -0.25) is 19.7 Å². The van der Waals surface area contributed by atoms with Crippen LogP contribution in [0.25, 0.3) is 10.9 Å². The first-order chi connectivity index (χ1) is 18.0. The number of ketones is 1. The minimum atomic E-state index is -0.547. The second-order valence-electron chi connectivity index (χ2n) is 9.17. The van der Waals surface area contributed by atoms with Crippen molar-refractivity contribution in [1.82, 2.24) is 9.88 Å². The van der Waals surface area contributed by atoms with Gasteiger partial charge in [-0.1, -0.05) is 30.3 Å². The quantitative estimate of drug-likeness (QED) is 0.190. The molecule has 0 spiro atoms. The molecule has 1 aliphatic carbocycles. The smallest absolute Gasteiger partial charge is 0.270 e. The van der Waals surface area contributed by atoms with Gasteiger partial charge >= 0.3 is 0 Å². The molecule has 0 atom stereocenters. The van der Waals surface area contributed by atoms with Gasteiger partial charge in [0.2, 0.25) is 0 Å². The molecule has 8 nitrogen and oxygen atoms in total. The van der Waals surface area contributed by atoms with Gasteiger partial charge in [0.05, 0.1) is 18.0 Å². The zero-order valence-electron chi connectivity index (χ0n) is 20.3. The molecular formula is C29H27N3O5. The van der Waals surface area contributed by atoms with Crippen LogP contribution in [-0.2, 0) is 12.8 Å². The summed E-state index contributed by atoms with van der Waals surface area (Å²) in [6, 6.07) is 20.2. The summed E-state index contributed by atoms with van der Waals surface area (Å²) in [7, 11) is 0. The number of benzene rings is 3. The zero-order chi connectivity index (χ0) is 25.8. The van der Waals surface area contributed by atoms with Gasteiger partial charge in [0.1, 0.15) is 12.4 Å². The lowest BCUT2D eigenvalue weighted by molar-refractivity contribution is -0.384. The van der Waals surface area contributed by atoms with E-state index in [1.165, 1.54) is 58.7 Å². The number of aromatic nitrogens is 1. The van der Waals surface area contributed by atoms with Gasteiger partial charge in [-0.2, -0.15) is 0 Å². The number of nitrogens with one attached hydrogen (secondary N) is 1. The van der Waals surface area contributed by atoms with Crippen LogP contribution in [-0.4, -0.2) is 46.2 Å². The monoisotopic (exact) mass is 497 g/mol. The fraction of sp³-hybridized carbons (Fsp3) is 0.241. The summed E-state index contributed by atoms with van der Waals surface area (Å²) in [6.45, 7) is 0.140. The fourth-order valence-corrected chi connectivity index (χ4v) is 4.83. The second-order valence-corrected chi connectivity index (χ2v) is 9.17. The number of nitro groups is 1. The third kappa shape index (κ3) is 5.38. The number of nitro benzene ring substituents is 1. The number of carbonyl (C=O) groups is 2. The molecule has 0 bridgehead atoms. The Morgan fingerprint density at radius 1 is 0.946 bits per heavy atom. The summed E-state index contributed by atoms with van der Waals surface area (Å²) >= 11 is 0. The average Bonchev–Trinajstić information content (AvgIpc) is 3.30. The number of ether oxygens (including phenoxy) is 1. The van der Waals surface area contributed by atoms with E-state index in [-0.39, 0.29) is 42.6 Å². The number of non-ortho nitro benzene ring substituents is 1. The standard InChI is InChI=1S/C29H27N3O5/c33-28(21-9-6-10-22(17-21)32(35)36)19-31(29(34)20-7-2-1-3-8-20)15-16-37-23-13-14-25-24-11-4-5-12-26(24)30-27(25)18-23/h1-3,6-10,13-14,17-18,30H,4-5,11-12,15-16,19H2. The van der Waals surface area contributed by atoms with Crippen LogP contribution in [0, 0.1) is 10.1 Å². The first-order valence-corrected chi connectivity index (χ1v) is 12.4. The van der Waals surface area contributed by atoms with Gasteiger partial charge in [-0.25, -0.2) is 0 Å². The number of H-pyrrole nitrogens is 1. The van der Waals surface area contributed by atoms with E-state index in [4.69, 9.17) is 4.74 Å². The Morgan fingerprint density at radius 2 is 1.73 bits per heavy atom. The van der Waals surface area contributed by atoms with Crippen molar-refractivity contribution in [3.8, 4) is 5.75 Å². The van der Waals surface area contributed by atoms with Crippen molar-refractivity contribution in [2.24, 2.45) is 0 Å². The minimum absolute atomic E-state index is 0.170. The summed E-state index contributed by atoms with van der Waals surface area (Å²) in [5.41, 5.74) is 4.21. The number of Topliss-reactive ketones (excluding diaryl/α,β-unsaturated/α-hetero) is 1. The summed E-state index contributed by atoms with van der Waals surface area (Å²) in [5.74, 6) is -0.00920. The highest BCUT2D eigenvalue weighted by Gasteiger charge is 2.21. The molecule has 37 heavy (non-hydrogen) atoms. The van der Waals surface area contributed by atoms with Crippen molar-refractivity contribution in [1.29, 1.82) is 0 Å². The molecular weight excluding hydrogens is 470 g/mol. The highest BCUT2D eigenvalue weighted by molar-refractivity contribution is 6.02. The van der Waals surface area contributed by atoms with Crippen LogP contribution >= 0.6 is 0 Å². The molecule has 1 aliphatic rings. The summed E-state index contributed by atoms with van der Waals surface area (Å²) < 4.78 is 5.99. The SMILES string of the molecule is O=C(CN(CCOc1ccc2c3c([nH]c2c1)CCCC3)C(=O)c1ccccc1)c1cccc([N+](=O)[O-])c1. The van der Waals surface area contributed by atoms with E-state index in [0.29, 0.717) is 11.3 Å². The van der Waals surface area contributed by atoms with Crippen LogP contribution < -0.4 is 4.74 Å². The van der Waals surface area contributed by atoms with Crippen molar-refractivity contribution < 1.29 is 19.2 Å². The number of nitrogens with zero attached hydrogens (tertiary/aromatic N) is 2. The molecule has 8 heteroatoms. The molecule has 0 saturated carbocycles. The van der Waals surface area contributed by atoms with Crippen LogP contribution in [0.15, 0.2) is 72.8 Å². The number of fused-ring (bicyclic) bond motifs is 3. The first kappa shape index (κ1) is 24.2. The molecule has 1 N–H and O–H groups in total. The lowest BCUT2D eigenvalue weighted by Gasteiger charge is -2.22. The molecule has 4 aromatic rings. The number of rotatable bonds is 9. The summed E-state index contributed by atoms with van der Waals surface area (Å²) in [5, 5.41) is 12.3. The Balaban J connectivity index is 1.30. The molecule has 0 fully saturated rings. The van der Waals surface area contributed by atoms with Crippen molar-refractivity contribution in [2.75, 3.05) is 19.7 Å². The molecule has 5 rings (SSSR count). The lowest BCUT2D eigenvalue weighted by atomic mass is 9.96. The van der Waals surface area contributed by atoms with Crippen molar-refractivity contribution in [3.05, 3.63) is 105 Å². The van der Waals surface area contributed by atoms with Crippen molar-refractivity contribution in [3.63, 3.8) is 0 Å². The Morgan fingerprint density at radius 3 is 2.54 bits per heavy atom. The molecule has 188 valence electrons. The topological polar surface area (TPSA) is 106 Å². The molecule has 1 amide bonds. The number of carbonyl (C=O) groups excluding carboxylic acids is 2. The van der Waals surface area contributed by atoms with Crippen LogP contribution in [0.5, 0.6) is 5.75 Å². The molecule has 1 aromatic heterocycles. The van der Waals surface area contributed by atoms with Gasteiger partial charge in [0.25, 0.3) is 11.6 Å². The first-order valence-electron chi connectivity index (χ1n) is 12.4. The maximum atomic E-state index is 13.2. The third-order valence-electron chi connectivity index (χ3n) is 6.72. The highest BCUT2D eigenvalue weighted by atomic mass is 16.6. The van der Waals surface area contributed by atoms with Crippen LogP contribution in [0.4, 0.5) is 5.69 Å². The van der Waals surface area contributed by atoms with Gasteiger partial charge in [-0.15, -0.1) is 0 Å². The summed E-state index contributed by atoms with van der Waals surface area (Å²) in [6.07, 6.45) is 4.56. The normalized spacial score (nSPS) is 12.6. The Kier molecular flexibility index (Phi) is 6.98. The molecule has 3 aromatic carbocycles. The summed E-state index contributed by atoms with van der Waals surface area (Å²) in [4.78, 5) is 41.7. The number of aromatic amines is 1. The number of amides is 1. The Bertz CT molecular complexity index is 1460. The van der Waals surface area contributed by atoms with Gasteiger partial charge in [-0.05, 0) is 55.5 Å². The fourth-order valence-electron chi connectivity index (χ4n) is 4.83. The van der Waals surface area contributed by atoms with Crippen LogP contribution in [0.2, 0.25) is 0 Å². The molecule has 0 aliphatic heterocycles. The van der Waals surface area contributed by atoms with Gasteiger partial charge in [0.15, 0.2) is 5.78 Å². The minimum Gasteiger partial charge on any atom is -0.492 e. The maximum Gasteiger partial charge on any atom is 0.270 e. The average molecular weight is 498 g/mol. The van der Waals surface area contributed by atoms with Crippen LogP contribution in [0.3, 0.4) is 0 Å². The Hall–Kier alpha value is -4.46. The molecule has 0 unspecified atom stereocenters. The predicted molar refractivity (Wildman–Crippen MR) is 140 cm³/mol. The van der Waals surface area contributed by atoms with E-state index in [2.05, 4.69) is 11.1 Å². The van der Waals surface area contributed by atoms with E-state index >= 15 is 0 Å². The lowest BCUT2D eigenvalue weighted by Crippen LogP contribution is -2.38. The van der Waals surface area contributed by atoms with Gasteiger partial charge in [0, 0.05) is 45.9 Å². The van der Waals surface area contributed by atoms with E-state index in [9.17, 15) is 19.7 Å². The molecule has 0 radical (unpaired) electrons. The second kappa shape index (κ2) is 10.7. The van der Waals surface area contributed by atoms with Gasteiger partial charge < -0.3 is 14.6 Å². The van der Waals surface area contributed by atoms with E-state index < -0.39 is 4.92 Å². The van der Waals surface area contributed by atoms with E-state index in [0.717, 1.165) is 18.4 Å². The van der Waals surface area contributed by atoms with Crippen molar-refractivity contribution in [2.45, 2.75) is 25.7 Å². The van der Waals surface area contributed by atoms with E-state index in [1.807, 2.05) is 18.2 Å². The predicted octanol–water partition coefficient (Wildman–Crippen LogP) is 5.36.